The van der Waals surface area contributed by atoms with E-state index in [0.717, 1.165) is 42.2 Å². The van der Waals surface area contributed by atoms with E-state index < -0.39 is 0 Å². The van der Waals surface area contributed by atoms with Crippen LogP contribution in [0.1, 0.15) is 82.1 Å². The molecule has 1 aromatic carbocycles. The number of carbonyl (C=O) groups excluding carboxylic acids is 1. The number of amides is 1. The lowest BCUT2D eigenvalue weighted by molar-refractivity contribution is -0.131. The zero-order chi connectivity index (χ0) is 20.2. The number of nitrogens with zero attached hydrogens (tertiary/aromatic N) is 1. The van der Waals surface area contributed by atoms with Gasteiger partial charge in [0.25, 0.3) is 0 Å². The highest BCUT2D eigenvalue weighted by molar-refractivity contribution is 7.99. The molecule has 0 radical (unpaired) electrons. The first-order valence-electron chi connectivity index (χ1n) is 10.8. The predicted molar refractivity (Wildman–Crippen MR) is 118 cm³/mol. The van der Waals surface area contributed by atoms with Gasteiger partial charge in [-0.05, 0) is 18.6 Å². The van der Waals surface area contributed by atoms with Crippen LogP contribution in [0.3, 0.4) is 0 Å². The van der Waals surface area contributed by atoms with E-state index >= 15 is 0 Å². The SMILES string of the molecule is CCCCCCCCCCCC(=O)N1CCSC1c1ccc(OC)cc1OC. The first-order chi connectivity index (χ1) is 13.7. The molecule has 5 heteroatoms. The normalized spacial score (nSPS) is 16.4. The Morgan fingerprint density at radius 1 is 1.04 bits per heavy atom. The van der Waals surface area contributed by atoms with Gasteiger partial charge in [-0.15, -0.1) is 11.8 Å². The van der Waals surface area contributed by atoms with Gasteiger partial charge in [-0.2, -0.15) is 0 Å². The van der Waals surface area contributed by atoms with Crippen LogP contribution in [0.5, 0.6) is 11.5 Å². The lowest BCUT2D eigenvalue weighted by atomic mass is 10.1. The van der Waals surface area contributed by atoms with Gasteiger partial charge in [-0.1, -0.05) is 58.3 Å². The van der Waals surface area contributed by atoms with Crippen molar-refractivity contribution in [2.24, 2.45) is 0 Å². The number of hydrogen-bond acceptors (Lipinski definition) is 4. The third-order valence-electron chi connectivity index (χ3n) is 5.41. The van der Waals surface area contributed by atoms with Crippen LogP contribution in [0.4, 0.5) is 0 Å². The zero-order valence-corrected chi connectivity index (χ0v) is 18.7. The molecule has 0 bridgehead atoms. The molecule has 1 fully saturated rings. The van der Waals surface area contributed by atoms with E-state index in [-0.39, 0.29) is 11.3 Å². The van der Waals surface area contributed by atoms with Crippen LogP contribution in [-0.2, 0) is 4.79 Å². The van der Waals surface area contributed by atoms with Gasteiger partial charge in [0.05, 0.1) is 14.2 Å². The summed E-state index contributed by atoms with van der Waals surface area (Å²) in [6.07, 6.45) is 12.1. The summed E-state index contributed by atoms with van der Waals surface area (Å²) in [7, 11) is 3.33. The Hall–Kier alpha value is -1.36. The Morgan fingerprint density at radius 3 is 2.36 bits per heavy atom. The van der Waals surface area contributed by atoms with Crippen LogP contribution in [0.15, 0.2) is 18.2 Å². The number of rotatable bonds is 13. The molecule has 1 aliphatic rings. The van der Waals surface area contributed by atoms with Crippen molar-refractivity contribution in [2.75, 3.05) is 26.5 Å². The first-order valence-corrected chi connectivity index (χ1v) is 11.9. The molecule has 1 saturated heterocycles. The second-order valence-electron chi connectivity index (χ2n) is 7.50. The Bertz CT molecular complexity index is 593. The molecule has 0 N–H and O–H groups in total. The van der Waals surface area contributed by atoms with Crippen molar-refractivity contribution < 1.29 is 14.3 Å². The fourth-order valence-electron chi connectivity index (χ4n) is 3.74. The molecular weight excluding hydrogens is 370 g/mol. The van der Waals surface area contributed by atoms with Crippen molar-refractivity contribution in [2.45, 2.75) is 76.5 Å². The lowest BCUT2D eigenvalue weighted by Gasteiger charge is -2.25. The maximum atomic E-state index is 12.8. The minimum Gasteiger partial charge on any atom is -0.497 e. The molecule has 0 saturated carbocycles. The zero-order valence-electron chi connectivity index (χ0n) is 17.9. The molecule has 4 nitrogen and oxygen atoms in total. The molecule has 0 aliphatic carbocycles. The maximum absolute atomic E-state index is 12.8. The molecular formula is C23H37NO3S. The second kappa shape index (κ2) is 13.0. The molecule has 1 atom stereocenters. The van der Waals surface area contributed by atoms with Crippen LogP contribution in [0.25, 0.3) is 0 Å². The molecule has 1 aliphatic heterocycles. The summed E-state index contributed by atoms with van der Waals surface area (Å²) in [5.74, 6) is 2.81. The lowest BCUT2D eigenvalue weighted by Crippen LogP contribution is -2.30. The molecule has 1 heterocycles. The van der Waals surface area contributed by atoms with Gasteiger partial charge in [-0.25, -0.2) is 0 Å². The smallest absolute Gasteiger partial charge is 0.223 e. The Balaban J connectivity index is 1.77. The molecule has 158 valence electrons. The number of ether oxygens (including phenoxy) is 2. The monoisotopic (exact) mass is 407 g/mol. The minimum atomic E-state index is 0.0481. The molecule has 1 aromatic rings. The first kappa shape index (κ1) is 22.9. The fourth-order valence-corrected chi connectivity index (χ4v) is 5.04. The van der Waals surface area contributed by atoms with E-state index in [4.69, 9.17) is 9.47 Å². The van der Waals surface area contributed by atoms with Gasteiger partial charge < -0.3 is 14.4 Å². The molecule has 0 spiro atoms. The number of unbranched alkanes of at least 4 members (excludes halogenated alkanes) is 8. The van der Waals surface area contributed by atoms with Crippen LogP contribution in [-0.4, -0.2) is 37.3 Å². The molecule has 1 amide bonds. The highest BCUT2D eigenvalue weighted by Gasteiger charge is 2.32. The fraction of sp³-hybridized carbons (Fsp3) is 0.696. The quantitative estimate of drug-likeness (QED) is 0.365. The van der Waals surface area contributed by atoms with Crippen LogP contribution in [0, 0.1) is 0 Å². The van der Waals surface area contributed by atoms with Crippen LogP contribution >= 0.6 is 11.8 Å². The summed E-state index contributed by atoms with van der Waals surface area (Å²) in [6, 6.07) is 5.87. The predicted octanol–water partition coefficient (Wildman–Crippen LogP) is 6.20. The summed E-state index contributed by atoms with van der Waals surface area (Å²) in [6.45, 7) is 3.08. The van der Waals surface area contributed by atoms with E-state index in [1.807, 2.05) is 34.9 Å². The van der Waals surface area contributed by atoms with Crippen molar-refractivity contribution in [3.8, 4) is 11.5 Å². The largest absolute Gasteiger partial charge is 0.497 e. The van der Waals surface area contributed by atoms with Crippen molar-refractivity contribution in [1.29, 1.82) is 0 Å². The second-order valence-corrected chi connectivity index (χ2v) is 8.68. The van der Waals surface area contributed by atoms with Crippen molar-refractivity contribution >= 4 is 17.7 Å². The molecule has 2 rings (SSSR count). The van der Waals surface area contributed by atoms with Crippen LogP contribution < -0.4 is 9.47 Å². The third kappa shape index (κ3) is 6.91. The van der Waals surface area contributed by atoms with E-state index in [0.29, 0.717) is 6.42 Å². The van der Waals surface area contributed by atoms with E-state index in [2.05, 4.69) is 6.92 Å². The summed E-state index contributed by atoms with van der Waals surface area (Å²) in [4.78, 5) is 14.8. The summed E-state index contributed by atoms with van der Waals surface area (Å²) >= 11 is 1.82. The average Bonchev–Trinajstić information content (AvgIpc) is 3.21. The Labute approximate surface area is 175 Å². The van der Waals surface area contributed by atoms with Gasteiger partial charge in [0.2, 0.25) is 5.91 Å². The van der Waals surface area contributed by atoms with Crippen molar-refractivity contribution in [3.05, 3.63) is 23.8 Å². The molecule has 0 aromatic heterocycles. The van der Waals surface area contributed by atoms with Gasteiger partial charge in [0.15, 0.2) is 0 Å². The van der Waals surface area contributed by atoms with Crippen LogP contribution in [0.2, 0.25) is 0 Å². The number of benzene rings is 1. The van der Waals surface area contributed by atoms with E-state index in [9.17, 15) is 4.79 Å². The van der Waals surface area contributed by atoms with Crippen molar-refractivity contribution in [3.63, 3.8) is 0 Å². The van der Waals surface area contributed by atoms with Gasteiger partial charge in [-0.3, -0.25) is 4.79 Å². The summed E-state index contributed by atoms with van der Waals surface area (Å²) < 4.78 is 10.9. The van der Waals surface area contributed by atoms with E-state index in [1.165, 1.54) is 44.9 Å². The van der Waals surface area contributed by atoms with Gasteiger partial charge in [0, 0.05) is 30.3 Å². The average molecular weight is 408 g/mol. The van der Waals surface area contributed by atoms with Gasteiger partial charge in [0.1, 0.15) is 16.9 Å². The number of carbonyl (C=O) groups is 1. The number of thioether (sulfide) groups is 1. The number of hydrogen-bond donors (Lipinski definition) is 0. The molecule has 28 heavy (non-hydrogen) atoms. The Morgan fingerprint density at radius 2 is 1.71 bits per heavy atom. The summed E-state index contributed by atoms with van der Waals surface area (Å²) in [5, 5.41) is 0.0481. The van der Waals surface area contributed by atoms with E-state index in [1.54, 1.807) is 14.2 Å². The molecule has 1 unspecified atom stereocenters. The van der Waals surface area contributed by atoms with Crippen molar-refractivity contribution in [1.82, 2.24) is 4.90 Å². The minimum absolute atomic E-state index is 0.0481. The highest BCUT2D eigenvalue weighted by Crippen LogP contribution is 2.43. The van der Waals surface area contributed by atoms with Gasteiger partial charge >= 0.3 is 0 Å². The number of methoxy groups -OCH3 is 2. The highest BCUT2D eigenvalue weighted by atomic mass is 32.2. The third-order valence-corrected chi connectivity index (χ3v) is 6.65. The Kier molecular flexibility index (Phi) is 10.6. The standard InChI is InChI=1S/C23H37NO3S/c1-4-5-6-7-8-9-10-11-12-13-22(25)24-16-17-28-23(24)20-15-14-19(26-2)18-21(20)27-3/h14-15,18,23H,4-13,16-17H2,1-3H3. The maximum Gasteiger partial charge on any atom is 0.223 e. The summed E-state index contributed by atoms with van der Waals surface area (Å²) in [5.41, 5.74) is 1.06. The topological polar surface area (TPSA) is 38.8 Å².